The quantitative estimate of drug-likeness (QED) is 0.714. The number of carbonyl (C=O) groups is 2. The van der Waals surface area contributed by atoms with Crippen LogP contribution in [0.1, 0.15) is 36.2 Å². The Labute approximate surface area is 147 Å². The van der Waals surface area contributed by atoms with Crippen molar-refractivity contribution in [2.45, 2.75) is 26.7 Å². The molecule has 2 rings (SSSR count). The Kier molecular flexibility index (Phi) is 6.69. The zero-order valence-electron chi connectivity index (χ0n) is 14.5. The number of ether oxygens (including phenoxy) is 1. The van der Waals surface area contributed by atoms with Gasteiger partial charge < -0.3 is 9.64 Å². The first kappa shape index (κ1) is 18.6. The van der Waals surface area contributed by atoms with Gasteiger partial charge in [-0.05, 0) is 44.0 Å². The first-order chi connectivity index (χ1) is 12.1. The molecule has 2 aromatic carbocycles. The fraction of sp³-hybridized carbons (Fsp3) is 0.300. The summed E-state index contributed by atoms with van der Waals surface area (Å²) in [5.41, 5.74) is 1.37. The van der Waals surface area contributed by atoms with Crippen molar-refractivity contribution < 1.29 is 18.7 Å². The Hall–Kier alpha value is -2.69. The summed E-state index contributed by atoms with van der Waals surface area (Å²) in [6, 6.07) is 13.3. The zero-order valence-corrected chi connectivity index (χ0v) is 14.5. The van der Waals surface area contributed by atoms with Crippen molar-refractivity contribution in [3.05, 3.63) is 65.5 Å². The second-order valence-corrected chi connectivity index (χ2v) is 5.47. The summed E-state index contributed by atoms with van der Waals surface area (Å²) in [7, 11) is 0. The summed E-state index contributed by atoms with van der Waals surface area (Å²) in [6.45, 7) is 4.24. The van der Waals surface area contributed by atoms with Crippen molar-refractivity contribution >= 4 is 17.6 Å². The van der Waals surface area contributed by atoms with Gasteiger partial charge in [0.15, 0.2) is 0 Å². The van der Waals surface area contributed by atoms with Gasteiger partial charge in [0.2, 0.25) is 5.91 Å². The Morgan fingerprint density at radius 3 is 2.40 bits per heavy atom. The van der Waals surface area contributed by atoms with Crippen LogP contribution in [0.3, 0.4) is 0 Å². The van der Waals surface area contributed by atoms with Gasteiger partial charge in [0.1, 0.15) is 5.82 Å². The van der Waals surface area contributed by atoms with Gasteiger partial charge in [0, 0.05) is 13.0 Å². The molecule has 0 spiro atoms. The molecule has 25 heavy (non-hydrogen) atoms. The van der Waals surface area contributed by atoms with Gasteiger partial charge in [-0.2, -0.15) is 0 Å². The number of halogens is 1. The number of anilines is 1. The topological polar surface area (TPSA) is 46.6 Å². The lowest BCUT2D eigenvalue weighted by molar-refractivity contribution is -0.118. The minimum absolute atomic E-state index is 0.159. The van der Waals surface area contributed by atoms with E-state index in [4.69, 9.17) is 4.74 Å². The Balaban J connectivity index is 2.18. The molecule has 0 aliphatic rings. The normalized spacial score (nSPS) is 10.4. The third-order valence-electron chi connectivity index (χ3n) is 3.87. The van der Waals surface area contributed by atoms with E-state index >= 15 is 0 Å². The summed E-state index contributed by atoms with van der Waals surface area (Å²) in [5.74, 6) is -0.939. The van der Waals surface area contributed by atoms with Crippen molar-refractivity contribution in [3.63, 3.8) is 0 Å². The fourth-order valence-electron chi connectivity index (χ4n) is 2.65. The zero-order chi connectivity index (χ0) is 18.2. The molecular formula is C20H22FNO3. The standard InChI is InChI=1S/C20H22FNO3/c1-3-22(18-12-8-6-10-16(18)20(24)25-4-2)19(23)14-13-15-9-5-7-11-17(15)21/h5-12H,3-4,13-14H2,1-2H3. The van der Waals surface area contributed by atoms with Crippen molar-refractivity contribution in [2.24, 2.45) is 0 Å². The van der Waals surface area contributed by atoms with Gasteiger partial charge in [-0.3, -0.25) is 4.79 Å². The third kappa shape index (κ3) is 4.66. The van der Waals surface area contributed by atoms with Crippen LogP contribution in [0.15, 0.2) is 48.5 Å². The van der Waals surface area contributed by atoms with Crippen LogP contribution in [0, 0.1) is 5.82 Å². The summed E-state index contributed by atoms with van der Waals surface area (Å²) in [4.78, 5) is 26.3. The number of hydrogen-bond donors (Lipinski definition) is 0. The minimum Gasteiger partial charge on any atom is -0.462 e. The molecule has 132 valence electrons. The number of nitrogens with zero attached hydrogens (tertiary/aromatic N) is 1. The van der Waals surface area contributed by atoms with Gasteiger partial charge in [0.05, 0.1) is 17.9 Å². The van der Waals surface area contributed by atoms with Crippen LogP contribution in [0.2, 0.25) is 0 Å². The molecule has 0 bridgehead atoms. The number of benzene rings is 2. The lowest BCUT2D eigenvalue weighted by Gasteiger charge is -2.23. The lowest BCUT2D eigenvalue weighted by Crippen LogP contribution is -2.32. The van der Waals surface area contributed by atoms with E-state index in [1.807, 2.05) is 6.92 Å². The maximum atomic E-state index is 13.7. The fourth-order valence-corrected chi connectivity index (χ4v) is 2.65. The van der Waals surface area contributed by atoms with E-state index in [1.165, 1.54) is 11.0 Å². The summed E-state index contributed by atoms with van der Waals surface area (Å²) in [5, 5.41) is 0. The molecule has 0 radical (unpaired) electrons. The van der Waals surface area contributed by atoms with Crippen LogP contribution in [0.5, 0.6) is 0 Å². The van der Waals surface area contributed by atoms with Crippen LogP contribution in [0.4, 0.5) is 10.1 Å². The monoisotopic (exact) mass is 343 g/mol. The second kappa shape index (κ2) is 8.97. The Morgan fingerprint density at radius 2 is 1.72 bits per heavy atom. The van der Waals surface area contributed by atoms with Gasteiger partial charge in [-0.15, -0.1) is 0 Å². The smallest absolute Gasteiger partial charge is 0.340 e. The van der Waals surface area contributed by atoms with E-state index in [-0.39, 0.29) is 24.8 Å². The number of aryl methyl sites for hydroxylation is 1. The van der Waals surface area contributed by atoms with Crippen LogP contribution in [-0.4, -0.2) is 25.0 Å². The number of esters is 1. The van der Waals surface area contributed by atoms with Crippen LogP contribution >= 0.6 is 0 Å². The molecule has 0 unspecified atom stereocenters. The highest BCUT2D eigenvalue weighted by molar-refractivity contribution is 6.02. The molecule has 0 saturated heterocycles. The van der Waals surface area contributed by atoms with Gasteiger partial charge in [0.25, 0.3) is 0 Å². The predicted octanol–water partition coefficient (Wildman–Crippen LogP) is 3.99. The van der Waals surface area contributed by atoms with Crippen LogP contribution < -0.4 is 4.90 Å². The molecule has 0 fully saturated rings. The second-order valence-electron chi connectivity index (χ2n) is 5.47. The summed E-state index contributed by atoms with van der Waals surface area (Å²) in [6.07, 6.45) is 0.468. The summed E-state index contributed by atoms with van der Waals surface area (Å²) >= 11 is 0. The largest absolute Gasteiger partial charge is 0.462 e. The average molecular weight is 343 g/mol. The van der Waals surface area contributed by atoms with Crippen LogP contribution in [-0.2, 0) is 16.0 Å². The molecule has 4 nitrogen and oxygen atoms in total. The van der Waals surface area contributed by atoms with E-state index in [1.54, 1.807) is 49.4 Å². The van der Waals surface area contributed by atoms with Crippen molar-refractivity contribution in [2.75, 3.05) is 18.1 Å². The first-order valence-electron chi connectivity index (χ1n) is 8.38. The highest BCUT2D eigenvalue weighted by Gasteiger charge is 2.21. The molecule has 0 N–H and O–H groups in total. The molecule has 0 atom stereocenters. The number of carbonyl (C=O) groups excluding carboxylic acids is 2. The Morgan fingerprint density at radius 1 is 1.04 bits per heavy atom. The molecule has 0 saturated carbocycles. The summed E-state index contributed by atoms with van der Waals surface area (Å²) < 4.78 is 18.8. The van der Waals surface area contributed by atoms with Crippen molar-refractivity contribution in [1.29, 1.82) is 0 Å². The van der Waals surface area contributed by atoms with Crippen molar-refractivity contribution in [3.8, 4) is 0 Å². The third-order valence-corrected chi connectivity index (χ3v) is 3.87. The van der Waals surface area contributed by atoms with E-state index in [9.17, 15) is 14.0 Å². The molecular weight excluding hydrogens is 321 g/mol. The maximum Gasteiger partial charge on any atom is 0.340 e. The number of amides is 1. The van der Waals surface area contributed by atoms with Gasteiger partial charge >= 0.3 is 5.97 Å². The van der Waals surface area contributed by atoms with E-state index in [2.05, 4.69) is 0 Å². The van der Waals surface area contributed by atoms with Crippen LogP contribution in [0.25, 0.3) is 0 Å². The molecule has 0 heterocycles. The number of hydrogen-bond acceptors (Lipinski definition) is 3. The average Bonchev–Trinajstić information content (AvgIpc) is 2.62. The molecule has 2 aromatic rings. The predicted molar refractivity (Wildman–Crippen MR) is 95.1 cm³/mol. The molecule has 5 heteroatoms. The van der Waals surface area contributed by atoms with Gasteiger partial charge in [-0.25, -0.2) is 9.18 Å². The first-order valence-corrected chi connectivity index (χ1v) is 8.38. The molecule has 0 aliphatic carbocycles. The van der Waals surface area contributed by atoms with E-state index in [0.717, 1.165) is 0 Å². The number of rotatable bonds is 7. The van der Waals surface area contributed by atoms with E-state index in [0.29, 0.717) is 29.8 Å². The highest BCUT2D eigenvalue weighted by Crippen LogP contribution is 2.23. The highest BCUT2D eigenvalue weighted by atomic mass is 19.1. The lowest BCUT2D eigenvalue weighted by atomic mass is 10.1. The molecule has 0 aliphatic heterocycles. The van der Waals surface area contributed by atoms with E-state index < -0.39 is 5.97 Å². The molecule has 1 amide bonds. The number of para-hydroxylation sites is 1. The maximum absolute atomic E-state index is 13.7. The van der Waals surface area contributed by atoms with Crippen molar-refractivity contribution in [1.82, 2.24) is 0 Å². The Bertz CT molecular complexity index is 745. The SMILES string of the molecule is CCOC(=O)c1ccccc1N(CC)C(=O)CCc1ccccc1F. The van der Waals surface area contributed by atoms with Gasteiger partial charge in [-0.1, -0.05) is 30.3 Å². The molecule has 0 aromatic heterocycles. The minimum atomic E-state index is -0.460.